The monoisotopic (exact) mass is 197 g/mol. The van der Waals surface area contributed by atoms with E-state index < -0.39 is 0 Å². The summed E-state index contributed by atoms with van der Waals surface area (Å²) in [4.78, 5) is 15.2. The zero-order valence-electron chi connectivity index (χ0n) is 7.81. The van der Waals surface area contributed by atoms with Crippen LogP contribution >= 0.6 is 0 Å². The van der Waals surface area contributed by atoms with Gasteiger partial charge in [-0.15, -0.1) is 0 Å². The Balaban J connectivity index is 2.60. The second kappa shape index (κ2) is 2.92. The highest BCUT2D eigenvalue weighted by molar-refractivity contribution is 6.02. The van der Waals surface area contributed by atoms with Crippen molar-refractivity contribution < 1.29 is 4.42 Å². The Morgan fingerprint density at radius 1 is 1.00 bits per heavy atom. The molecule has 0 fully saturated rings. The highest BCUT2D eigenvalue weighted by atomic mass is 16.4. The SMILES string of the molecule is O=c1ccc2c(cnc3ccccc32)o1. The quantitative estimate of drug-likeness (QED) is 0.519. The van der Waals surface area contributed by atoms with Crippen molar-refractivity contribution in [1.29, 1.82) is 0 Å². The van der Waals surface area contributed by atoms with E-state index in [1.807, 2.05) is 24.3 Å². The lowest BCUT2D eigenvalue weighted by molar-refractivity contribution is 0.560. The molecule has 3 heteroatoms. The van der Waals surface area contributed by atoms with Crippen molar-refractivity contribution >= 4 is 21.9 Å². The van der Waals surface area contributed by atoms with Crippen molar-refractivity contribution in [2.24, 2.45) is 0 Å². The Morgan fingerprint density at radius 2 is 1.87 bits per heavy atom. The van der Waals surface area contributed by atoms with Crippen LogP contribution in [0.5, 0.6) is 0 Å². The van der Waals surface area contributed by atoms with E-state index >= 15 is 0 Å². The Morgan fingerprint density at radius 3 is 2.80 bits per heavy atom. The highest BCUT2D eigenvalue weighted by Crippen LogP contribution is 2.21. The molecule has 0 radical (unpaired) electrons. The van der Waals surface area contributed by atoms with Gasteiger partial charge >= 0.3 is 5.63 Å². The molecule has 0 N–H and O–H groups in total. The van der Waals surface area contributed by atoms with Crippen LogP contribution in [-0.2, 0) is 0 Å². The molecule has 2 heterocycles. The molecular formula is C12H7NO2. The molecule has 0 aliphatic carbocycles. The molecule has 0 aliphatic heterocycles. The molecule has 2 aromatic heterocycles. The van der Waals surface area contributed by atoms with Gasteiger partial charge in [-0.1, -0.05) is 18.2 Å². The minimum Gasteiger partial charge on any atom is -0.421 e. The van der Waals surface area contributed by atoms with Gasteiger partial charge in [0.1, 0.15) is 0 Å². The summed E-state index contributed by atoms with van der Waals surface area (Å²) < 4.78 is 5.05. The maximum atomic E-state index is 11.0. The van der Waals surface area contributed by atoms with Gasteiger partial charge in [-0.05, 0) is 12.1 Å². The molecule has 15 heavy (non-hydrogen) atoms. The molecule has 0 aliphatic rings. The van der Waals surface area contributed by atoms with Crippen LogP contribution in [0.1, 0.15) is 0 Å². The van der Waals surface area contributed by atoms with Crippen LogP contribution < -0.4 is 5.63 Å². The second-order valence-electron chi connectivity index (χ2n) is 3.31. The first-order valence-corrected chi connectivity index (χ1v) is 4.62. The van der Waals surface area contributed by atoms with E-state index in [-0.39, 0.29) is 5.63 Å². The van der Waals surface area contributed by atoms with Crippen LogP contribution in [0.15, 0.2) is 51.8 Å². The number of aromatic nitrogens is 1. The van der Waals surface area contributed by atoms with Gasteiger partial charge in [0.25, 0.3) is 0 Å². The van der Waals surface area contributed by atoms with Crippen LogP contribution in [0.25, 0.3) is 21.9 Å². The molecular weight excluding hydrogens is 190 g/mol. The summed E-state index contributed by atoms with van der Waals surface area (Å²) in [6, 6.07) is 11.0. The molecule has 3 aromatic rings. The smallest absolute Gasteiger partial charge is 0.336 e. The summed E-state index contributed by atoms with van der Waals surface area (Å²) in [5, 5.41) is 1.92. The third-order valence-electron chi connectivity index (χ3n) is 2.38. The number of benzene rings is 1. The number of rotatable bonds is 0. The van der Waals surface area contributed by atoms with E-state index in [2.05, 4.69) is 4.98 Å². The van der Waals surface area contributed by atoms with Crippen LogP contribution in [0.3, 0.4) is 0 Å². The highest BCUT2D eigenvalue weighted by Gasteiger charge is 2.02. The van der Waals surface area contributed by atoms with Crippen molar-refractivity contribution in [1.82, 2.24) is 4.98 Å². The Bertz CT molecular complexity index is 700. The molecule has 0 amide bonds. The summed E-state index contributed by atoms with van der Waals surface area (Å²) >= 11 is 0. The number of hydrogen-bond acceptors (Lipinski definition) is 3. The van der Waals surface area contributed by atoms with Gasteiger partial charge in [-0.2, -0.15) is 0 Å². The van der Waals surface area contributed by atoms with Crippen molar-refractivity contribution in [2.45, 2.75) is 0 Å². The standard InChI is InChI=1S/C12H7NO2/c14-12-6-5-9-8-3-1-2-4-10(8)13-7-11(9)15-12/h1-7H. The average Bonchev–Trinajstić information content (AvgIpc) is 2.28. The molecule has 0 unspecified atom stereocenters. The van der Waals surface area contributed by atoms with Gasteiger partial charge in [-0.3, -0.25) is 4.98 Å². The van der Waals surface area contributed by atoms with Gasteiger partial charge in [0.2, 0.25) is 0 Å². The summed E-state index contributed by atoms with van der Waals surface area (Å²) in [5.74, 6) is 0. The maximum absolute atomic E-state index is 11.0. The van der Waals surface area contributed by atoms with Gasteiger partial charge in [-0.25, -0.2) is 4.79 Å². The zero-order chi connectivity index (χ0) is 10.3. The van der Waals surface area contributed by atoms with E-state index in [0.717, 1.165) is 16.3 Å². The van der Waals surface area contributed by atoms with Gasteiger partial charge in [0.05, 0.1) is 11.7 Å². The van der Waals surface area contributed by atoms with E-state index in [9.17, 15) is 4.79 Å². The number of nitrogens with zero attached hydrogens (tertiary/aromatic N) is 1. The lowest BCUT2D eigenvalue weighted by atomic mass is 10.1. The molecule has 0 saturated carbocycles. The molecule has 72 valence electrons. The topological polar surface area (TPSA) is 43.1 Å². The zero-order valence-corrected chi connectivity index (χ0v) is 7.81. The van der Waals surface area contributed by atoms with E-state index in [0.29, 0.717) is 5.58 Å². The first kappa shape index (κ1) is 8.17. The first-order chi connectivity index (χ1) is 7.34. The summed E-state index contributed by atoms with van der Waals surface area (Å²) in [7, 11) is 0. The van der Waals surface area contributed by atoms with Gasteiger partial charge in [0.15, 0.2) is 5.58 Å². The van der Waals surface area contributed by atoms with Gasteiger partial charge in [0, 0.05) is 16.8 Å². The van der Waals surface area contributed by atoms with Crippen LogP contribution in [-0.4, -0.2) is 4.98 Å². The normalized spacial score (nSPS) is 10.9. The van der Waals surface area contributed by atoms with Crippen molar-refractivity contribution in [3.8, 4) is 0 Å². The molecule has 0 saturated heterocycles. The summed E-state index contributed by atoms with van der Waals surface area (Å²) in [5.41, 5.74) is 1.08. The molecule has 3 nitrogen and oxygen atoms in total. The molecule has 0 atom stereocenters. The number of pyridine rings is 1. The first-order valence-electron chi connectivity index (χ1n) is 4.62. The Hall–Kier alpha value is -2.16. The summed E-state index contributed by atoms with van der Waals surface area (Å²) in [6.07, 6.45) is 1.58. The van der Waals surface area contributed by atoms with Crippen LogP contribution in [0.4, 0.5) is 0 Å². The fourth-order valence-electron chi connectivity index (χ4n) is 1.69. The Labute approximate surface area is 85.0 Å². The Kier molecular flexibility index (Phi) is 1.59. The van der Waals surface area contributed by atoms with Crippen molar-refractivity contribution in [3.05, 3.63) is 53.0 Å². The maximum Gasteiger partial charge on any atom is 0.336 e. The minimum atomic E-state index is -0.348. The van der Waals surface area contributed by atoms with Crippen LogP contribution in [0, 0.1) is 0 Å². The fourth-order valence-corrected chi connectivity index (χ4v) is 1.69. The lowest BCUT2D eigenvalue weighted by Gasteiger charge is -2.00. The van der Waals surface area contributed by atoms with E-state index in [1.165, 1.54) is 6.07 Å². The molecule has 3 rings (SSSR count). The number of hydrogen-bond donors (Lipinski definition) is 0. The van der Waals surface area contributed by atoms with Crippen LogP contribution in [0.2, 0.25) is 0 Å². The van der Waals surface area contributed by atoms with E-state index in [1.54, 1.807) is 12.3 Å². The minimum absolute atomic E-state index is 0.348. The summed E-state index contributed by atoms with van der Waals surface area (Å²) in [6.45, 7) is 0. The predicted octanol–water partition coefficient (Wildman–Crippen LogP) is 2.34. The fraction of sp³-hybridized carbons (Fsp3) is 0. The third kappa shape index (κ3) is 1.21. The average molecular weight is 197 g/mol. The second-order valence-corrected chi connectivity index (χ2v) is 3.31. The number of fused-ring (bicyclic) bond motifs is 3. The third-order valence-corrected chi connectivity index (χ3v) is 2.38. The number of para-hydroxylation sites is 1. The largest absolute Gasteiger partial charge is 0.421 e. The molecule has 0 bridgehead atoms. The van der Waals surface area contributed by atoms with Crippen molar-refractivity contribution in [2.75, 3.05) is 0 Å². The van der Waals surface area contributed by atoms with Crippen molar-refractivity contribution in [3.63, 3.8) is 0 Å². The predicted molar refractivity (Wildman–Crippen MR) is 57.8 cm³/mol. The molecule has 0 spiro atoms. The van der Waals surface area contributed by atoms with Gasteiger partial charge < -0.3 is 4.42 Å². The molecule has 1 aromatic carbocycles. The van der Waals surface area contributed by atoms with E-state index in [4.69, 9.17) is 4.42 Å². The lowest BCUT2D eigenvalue weighted by Crippen LogP contribution is -1.95.